The van der Waals surface area contributed by atoms with E-state index in [-0.39, 0.29) is 0 Å². The molecule has 0 atom stereocenters. The first kappa shape index (κ1) is 16.8. The second-order valence-electron chi connectivity index (χ2n) is 6.29. The predicted octanol–water partition coefficient (Wildman–Crippen LogP) is 3.91. The molecule has 2 aromatic rings. The number of ether oxygens (including phenoxy) is 1. The van der Waals surface area contributed by atoms with E-state index in [4.69, 9.17) is 4.74 Å². The fourth-order valence-electron chi connectivity index (χ4n) is 2.16. The second kappa shape index (κ2) is 7.13. The van der Waals surface area contributed by atoms with Crippen molar-refractivity contribution in [3.05, 3.63) is 41.6 Å². The van der Waals surface area contributed by atoms with Gasteiger partial charge in [-0.15, -0.1) is 0 Å². The largest absolute Gasteiger partial charge is 0.444 e. The zero-order chi connectivity index (χ0) is 16.9. The Morgan fingerprint density at radius 3 is 2.83 bits per heavy atom. The quantitative estimate of drug-likeness (QED) is 0.649. The molecule has 0 saturated carbocycles. The number of carbonyl (C=O) groups excluding carboxylic acids is 2. The van der Waals surface area contributed by atoms with Gasteiger partial charge in [0, 0.05) is 29.2 Å². The van der Waals surface area contributed by atoms with Gasteiger partial charge in [0.05, 0.1) is 0 Å². The van der Waals surface area contributed by atoms with Crippen molar-refractivity contribution in [2.75, 3.05) is 6.54 Å². The number of aldehydes is 1. The van der Waals surface area contributed by atoms with Crippen molar-refractivity contribution in [1.82, 2.24) is 10.3 Å². The molecule has 5 heteroatoms. The van der Waals surface area contributed by atoms with Crippen molar-refractivity contribution in [3.8, 4) is 0 Å². The molecular formula is C18H22N2O3. The number of alkyl carbamates (subject to hydrolysis) is 1. The number of aromatic nitrogens is 1. The van der Waals surface area contributed by atoms with E-state index >= 15 is 0 Å². The highest BCUT2D eigenvalue weighted by Crippen LogP contribution is 2.19. The average molecular weight is 314 g/mol. The molecule has 2 N–H and O–H groups in total. The van der Waals surface area contributed by atoms with Gasteiger partial charge in [0.15, 0.2) is 6.29 Å². The molecule has 1 aromatic heterocycles. The van der Waals surface area contributed by atoms with Crippen LogP contribution in [-0.2, 0) is 4.74 Å². The molecule has 23 heavy (non-hydrogen) atoms. The Kier molecular flexibility index (Phi) is 5.21. The van der Waals surface area contributed by atoms with E-state index in [1.165, 1.54) is 0 Å². The third-order valence-electron chi connectivity index (χ3n) is 3.15. The Morgan fingerprint density at radius 1 is 1.35 bits per heavy atom. The van der Waals surface area contributed by atoms with E-state index < -0.39 is 11.7 Å². The normalized spacial score (nSPS) is 11.8. The van der Waals surface area contributed by atoms with E-state index in [1.54, 1.807) is 6.20 Å². The molecule has 1 aromatic carbocycles. The van der Waals surface area contributed by atoms with Crippen LogP contribution in [0.3, 0.4) is 0 Å². The first-order chi connectivity index (χ1) is 10.9. The number of nitrogens with one attached hydrogen (secondary N) is 2. The fraction of sp³-hybridized carbons (Fsp3) is 0.333. The maximum atomic E-state index is 11.5. The van der Waals surface area contributed by atoms with Crippen molar-refractivity contribution >= 4 is 29.4 Å². The summed E-state index contributed by atoms with van der Waals surface area (Å²) in [6, 6.07) is 5.87. The Bertz CT molecular complexity index is 723. The summed E-state index contributed by atoms with van der Waals surface area (Å²) in [5.74, 6) is 0. The average Bonchev–Trinajstić information content (AvgIpc) is 2.87. The molecule has 0 aliphatic rings. The van der Waals surface area contributed by atoms with Crippen molar-refractivity contribution in [2.24, 2.45) is 0 Å². The van der Waals surface area contributed by atoms with Crippen LogP contribution in [0, 0.1) is 0 Å². The zero-order valence-electron chi connectivity index (χ0n) is 13.7. The molecule has 2 rings (SSSR count). The molecular weight excluding hydrogens is 292 g/mol. The number of benzene rings is 1. The molecule has 0 saturated heterocycles. The van der Waals surface area contributed by atoms with E-state index in [0.717, 1.165) is 22.8 Å². The number of fused-ring (bicyclic) bond motifs is 1. The Labute approximate surface area is 135 Å². The first-order valence-electron chi connectivity index (χ1n) is 7.59. The van der Waals surface area contributed by atoms with Gasteiger partial charge >= 0.3 is 6.09 Å². The number of rotatable bonds is 5. The van der Waals surface area contributed by atoms with Gasteiger partial charge < -0.3 is 15.0 Å². The van der Waals surface area contributed by atoms with Gasteiger partial charge in [0.25, 0.3) is 0 Å². The van der Waals surface area contributed by atoms with Gasteiger partial charge in [0.2, 0.25) is 0 Å². The van der Waals surface area contributed by atoms with Crippen LogP contribution in [0.4, 0.5) is 4.79 Å². The van der Waals surface area contributed by atoms with Gasteiger partial charge in [-0.05, 0) is 38.8 Å². The van der Waals surface area contributed by atoms with Crippen molar-refractivity contribution in [2.45, 2.75) is 32.8 Å². The molecule has 5 nitrogen and oxygen atoms in total. The molecule has 0 radical (unpaired) electrons. The molecule has 0 unspecified atom stereocenters. The monoisotopic (exact) mass is 314 g/mol. The first-order valence-corrected chi connectivity index (χ1v) is 7.59. The number of carbonyl (C=O) groups is 2. The summed E-state index contributed by atoms with van der Waals surface area (Å²) >= 11 is 0. The lowest BCUT2D eigenvalue weighted by atomic mass is 10.1. The number of aromatic amines is 1. The highest BCUT2D eigenvalue weighted by molar-refractivity contribution is 5.97. The third-order valence-corrected chi connectivity index (χ3v) is 3.15. The van der Waals surface area contributed by atoms with Gasteiger partial charge in [-0.25, -0.2) is 4.79 Å². The minimum absolute atomic E-state index is 0.403. The molecule has 0 aliphatic heterocycles. The van der Waals surface area contributed by atoms with Crippen LogP contribution in [0.5, 0.6) is 0 Å². The van der Waals surface area contributed by atoms with Crippen molar-refractivity contribution in [3.63, 3.8) is 0 Å². The summed E-state index contributed by atoms with van der Waals surface area (Å²) < 4.78 is 5.16. The van der Waals surface area contributed by atoms with Crippen LogP contribution in [0.2, 0.25) is 0 Å². The van der Waals surface area contributed by atoms with E-state index in [2.05, 4.69) is 10.3 Å². The summed E-state index contributed by atoms with van der Waals surface area (Å²) in [6.45, 7) is 6.02. The minimum Gasteiger partial charge on any atom is -0.444 e. The highest BCUT2D eigenvalue weighted by atomic mass is 16.6. The highest BCUT2D eigenvalue weighted by Gasteiger charge is 2.15. The lowest BCUT2D eigenvalue weighted by Crippen LogP contribution is -2.32. The fourth-order valence-corrected chi connectivity index (χ4v) is 2.16. The van der Waals surface area contributed by atoms with Crippen molar-refractivity contribution < 1.29 is 14.3 Å². The Morgan fingerprint density at radius 2 is 2.13 bits per heavy atom. The summed E-state index contributed by atoms with van der Waals surface area (Å²) in [7, 11) is 0. The van der Waals surface area contributed by atoms with Crippen LogP contribution in [0.15, 0.2) is 30.5 Å². The number of amides is 1. The van der Waals surface area contributed by atoms with Gasteiger partial charge in [-0.3, -0.25) is 4.79 Å². The lowest BCUT2D eigenvalue weighted by molar-refractivity contribution is 0.0528. The van der Waals surface area contributed by atoms with Gasteiger partial charge in [0.1, 0.15) is 5.60 Å². The van der Waals surface area contributed by atoms with Gasteiger partial charge in [-0.2, -0.15) is 0 Å². The maximum Gasteiger partial charge on any atom is 0.407 e. The van der Waals surface area contributed by atoms with Crippen LogP contribution in [-0.4, -0.2) is 29.5 Å². The Hall–Kier alpha value is -2.56. The second-order valence-corrected chi connectivity index (χ2v) is 6.29. The molecule has 0 aliphatic carbocycles. The van der Waals surface area contributed by atoms with E-state index in [0.29, 0.717) is 18.5 Å². The van der Waals surface area contributed by atoms with Crippen molar-refractivity contribution in [1.29, 1.82) is 0 Å². The standard InChI is InChI=1S/C18H22N2O3/c1-18(2,3)23-17(22)19-9-5-4-6-13-7-8-15-14(12-21)11-20-16(15)10-13/h4,6-8,10-12,20H,5,9H2,1-3H3,(H,19,22). The van der Waals surface area contributed by atoms with E-state index in [1.807, 2.05) is 51.1 Å². The molecule has 0 bridgehead atoms. The lowest BCUT2D eigenvalue weighted by Gasteiger charge is -2.19. The maximum absolute atomic E-state index is 11.5. The smallest absolute Gasteiger partial charge is 0.407 e. The molecule has 0 fully saturated rings. The summed E-state index contributed by atoms with van der Waals surface area (Å²) in [5, 5.41) is 3.63. The SMILES string of the molecule is CC(C)(C)OC(=O)NCCC=Cc1ccc2c(C=O)c[nH]c2c1. The van der Waals surface area contributed by atoms with Gasteiger partial charge in [-0.1, -0.05) is 24.3 Å². The number of hydrogen-bond donors (Lipinski definition) is 2. The molecule has 0 spiro atoms. The summed E-state index contributed by atoms with van der Waals surface area (Å²) in [4.78, 5) is 25.4. The van der Waals surface area contributed by atoms with Crippen LogP contribution in [0.25, 0.3) is 17.0 Å². The summed E-state index contributed by atoms with van der Waals surface area (Å²) in [5.41, 5.74) is 2.15. The predicted molar refractivity (Wildman–Crippen MR) is 91.6 cm³/mol. The third kappa shape index (κ3) is 4.98. The van der Waals surface area contributed by atoms with Crippen LogP contribution in [0.1, 0.15) is 43.1 Å². The summed E-state index contributed by atoms with van der Waals surface area (Å²) in [6.07, 6.45) is 6.83. The molecule has 1 amide bonds. The van der Waals surface area contributed by atoms with Crippen LogP contribution < -0.4 is 5.32 Å². The van der Waals surface area contributed by atoms with Crippen LogP contribution >= 0.6 is 0 Å². The number of H-pyrrole nitrogens is 1. The van der Waals surface area contributed by atoms with E-state index in [9.17, 15) is 9.59 Å². The Balaban J connectivity index is 1.84. The zero-order valence-corrected chi connectivity index (χ0v) is 13.7. The molecule has 1 heterocycles. The molecule has 122 valence electrons. The topological polar surface area (TPSA) is 71.2 Å². The number of hydrogen-bond acceptors (Lipinski definition) is 3. The minimum atomic E-state index is -0.480.